The van der Waals surface area contributed by atoms with Gasteiger partial charge in [0.15, 0.2) is 0 Å². The molecule has 0 N–H and O–H groups in total. The SMILES string of the molecule is C=C1OB(c2cc(-c3ccccc3)c(B3OC(=C)C(C)(C)O3)cc2-c2ccccc2)OC1(C)C. The first-order valence-electron chi connectivity index (χ1n) is 11.5. The minimum absolute atomic E-state index is 0.578. The molecule has 170 valence electrons. The van der Waals surface area contributed by atoms with E-state index in [1.807, 2.05) is 64.1 Å². The highest BCUT2D eigenvalue weighted by molar-refractivity contribution is 6.67. The lowest BCUT2D eigenvalue weighted by molar-refractivity contribution is 0.172. The molecule has 3 aromatic rings. The second-order valence-corrected chi connectivity index (χ2v) is 9.76. The van der Waals surface area contributed by atoms with E-state index in [1.54, 1.807) is 0 Å². The molecule has 6 heteroatoms. The minimum atomic E-state index is -0.580. The molecule has 0 bridgehead atoms. The minimum Gasteiger partial charge on any atom is -0.534 e. The Kier molecular flexibility index (Phi) is 5.46. The first-order chi connectivity index (χ1) is 16.2. The maximum Gasteiger partial charge on any atom is 0.564 e. The molecule has 2 fully saturated rings. The fourth-order valence-electron chi connectivity index (χ4n) is 4.27. The Labute approximate surface area is 202 Å². The lowest BCUT2D eigenvalue weighted by Gasteiger charge is -2.20. The van der Waals surface area contributed by atoms with Gasteiger partial charge in [0, 0.05) is 10.9 Å². The van der Waals surface area contributed by atoms with Crippen LogP contribution in [0.25, 0.3) is 22.3 Å². The number of hydrogen-bond donors (Lipinski definition) is 0. The van der Waals surface area contributed by atoms with Crippen LogP contribution in [-0.2, 0) is 18.6 Å². The maximum atomic E-state index is 6.32. The first-order valence-corrected chi connectivity index (χ1v) is 11.5. The lowest BCUT2D eigenvalue weighted by atomic mass is 9.67. The highest BCUT2D eigenvalue weighted by Crippen LogP contribution is 2.34. The summed E-state index contributed by atoms with van der Waals surface area (Å²) in [5, 5.41) is 0. The smallest absolute Gasteiger partial charge is 0.534 e. The topological polar surface area (TPSA) is 36.9 Å². The Morgan fingerprint density at radius 1 is 0.588 bits per heavy atom. The third-order valence-corrected chi connectivity index (χ3v) is 6.54. The highest BCUT2D eigenvalue weighted by Gasteiger charge is 2.47. The van der Waals surface area contributed by atoms with Crippen LogP contribution < -0.4 is 10.9 Å². The molecule has 3 aromatic carbocycles. The molecular formula is C28H28B2O4. The highest BCUT2D eigenvalue weighted by atomic mass is 16.7. The number of rotatable bonds is 4. The van der Waals surface area contributed by atoms with Crippen LogP contribution in [0.3, 0.4) is 0 Å². The summed E-state index contributed by atoms with van der Waals surface area (Å²) in [7, 11) is -1.16. The van der Waals surface area contributed by atoms with Crippen molar-refractivity contribution in [2.24, 2.45) is 0 Å². The summed E-state index contributed by atoms with van der Waals surface area (Å²) >= 11 is 0. The number of benzene rings is 3. The monoisotopic (exact) mass is 450 g/mol. The van der Waals surface area contributed by atoms with Crippen molar-refractivity contribution in [1.29, 1.82) is 0 Å². The van der Waals surface area contributed by atoms with Gasteiger partial charge in [-0.1, -0.05) is 86.0 Å². The quantitative estimate of drug-likeness (QED) is 0.520. The Balaban J connectivity index is 1.73. The van der Waals surface area contributed by atoms with Crippen molar-refractivity contribution in [3.63, 3.8) is 0 Å². The van der Waals surface area contributed by atoms with Gasteiger partial charge in [0.05, 0.1) is 11.5 Å². The summed E-state index contributed by atoms with van der Waals surface area (Å²) < 4.78 is 24.9. The summed E-state index contributed by atoms with van der Waals surface area (Å²) in [5.41, 5.74) is 4.79. The largest absolute Gasteiger partial charge is 0.564 e. The van der Waals surface area contributed by atoms with E-state index in [2.05, 4.69) is 49.6 Å². The molecule has 5 rings (SSSR count). The molecule has 0 radical (unpaired) electrons. The van der Waals surface area contributed by atoms with Crippen molar-refractivity contribution in [1.82, 2.24) is 0 Å². The van der Waals surface area contributed by atoms with Gasteiger partial charge in [0.1, 0.15) is 11.2 Å². The fraction of sp³-hybridized carbons (Fsp3) is 0.214. The molecule has 0 aromatic heterocycles. The molecular weight excluding hydrogens is 422 g/mol. The van der Waals surface area contributed by atoms with Crippen molar-refractivity contribution in [2.75, 3.05) is 0 Å². The van der Waals surface area contributed by atoms with E-state index < -0.39 is 25.4 Å². The third-order valence-electron chi connectivity index (χ3n) is 6.54. The van der Waals surface area contributed by atoms with E-state index in [1.165, 1.54) is 0 Å². The maximum absolute atomic E-state index is 6.32. The number of hydrogen-bond acceptors (Lipinski definition) is 4. The van der Waals surface area contributed by atoms with Gasteiger partial charge in [-0.25, -0.2) is 0 Å². The lowest BCUT2D eigenvalue weighted by Crippen LogP contribution is -2.41. The zero-order valence-electron chi connectivity index (χ0n) is 20.1. The molecule has 0 unspecified atom stereocenters. The van der Waals surface area contributed by atoms with Crippen LogP contribution in [-0.4, -0.2) is 25.4 Å². The Morgan fingerprint density at radius 2 is 0.941 bits per heavy atom. The summed E-state index contributed by atoms with van der Waals surface area (Å²) in [4.78, 5) is 0. The van der Waals surface area contributed by atoms with Crippen molar-refractivity contribution in [3.8, 4) is 22.3 Å². The van der Waals surface area contributed by atoms with Crippen LogP contribution >= 0.6 is 0 Å². The fourth-order valence-corrected chi connectivity index (χ4v) is 4.27. The van der Waals surface area contributed by atoms with Gasteiger partial charge in [0.2, 0.25) is 0 Å². The molecule has 0 saturated carbocycles. The van der Waals surface area contributed by atoms with E-state index in [9.17, 15) is 0 Å². The van der Waals surface area contributed by atoms with E-state index in [-0.39, 0.29) is 0 Å². The van der Waals surface area contributed by atoms with Crippen molar-refractivity contribution >= 4 is 25.2 Å². The molecule has 0 atom stereocenters. The van der Waals surface area contributed by atoms with Crippen LogP contribution in [0.15, 0.2) is 97.5 Å². The van der Waals surface area contributed by atoms with Gasteiger partial charge in [-0.15, -0.1) is 0 Å². The van der Waals surface area contributed by atoms with Crippen molar-refractivity contribution in [2.45, 2.75) is 38.9 Å². The van der Waals surface area contributed by atoms with Gasteiger partial charge in [0.25, 0.3) is 0 Å². The second-order valence-electron chi connectivity index (χ2n) is 9.76. The normalized spacial score (nSPS) is 18.7. The van der Waals surface area contributed by atoms with E-state index >= 15 is 0 Å². The third kappa shape index (κ3) is 3.97. The van der Waals surface area contributed by atoms with Crippen molar-refractivity contribution in [3.05, 3.63) is 97.5 Å². The molecule has 2 heterocycles. The average Bonchev–Trinajstić information content (AvgIpc) is 3.26. The van der Waals surface area contributed by atoms with E-state index in [0.717, 1.165) is 33.2 Å². The van der Waals surface area contributed by atoms with E-state index in [0.29, 0.717) is 11.5 Å². The van der Waals surface area contributed by atoms with Crippen LogP contribution in [0, 0.1) is 0 Å². The van der Waals surface area contributed by atoms with Crippen LogP contribution in [0.2, 0.25) is 0 Å². The van der Waals surface area contributed by atoms with Gasteiger partial charge in [-0.2, -0.15) is 0 Å². The summed E-state index contributed by atoms with van der Waals surface area (Å²) in [5.74, 6) is 1.23. The molecule has 0 spiro atoms. The summed E-state index contributed by atoms with van der Waals surface area (Å²) in [6.45, 7) is 16.0. The predicted molar refractivity (Wildman–Crippen MR) is 139 cm³/mol. The van der Waals surface area contributed by atoms with Crippen LogP contribution in [0.5, 0.6) is 0 Å². The van der Waals surface area contributed by atoms with Crippen LogP contribution in [0.1, 0.15) is 27.7 Å². The summed E-state index contributed by atoms with van der Waals surface area (Å²) in [6, 6.07) is 24.7. The molecule has 0 amide bonds. The molecule has 0 aliphatic carbocycles. The Hall–Kier alpha value is -3.21. The first kappa shape index (κ1) is 22.6. The van der Waals surface area contributed by atoms with Gasteiger partial charge in [-0.05, 0) is 49.9 Å². The van der Waals surface area contributed by atoms with Gasteiger partial charge < -0.3 is 18.6 Å². The molecule has 2 saturated heterocycles. The van der Waals surface area contributed by atoms with Gasteiger partial charge >= 0.3 is 14.2 Å². The Morgan fingerprint density at radius 3 is 1.24 bits per heavy atom. The molecule has 2 aliphatic rings. The second kappa shape index (κ2) is 8.23. The molecule has 4 nitrogen and oxygen atoms in total. The molecule has 34 heavy (non-hydrogen) atoms. The van der Waals surface area contributed by atoms with E-state index in [4.69, 9.17) is 18.6 Å². The summed E-state index contributed by atoms with van der Waals surface area (Å²) in [6.07, 6.45) is 0. The average molecular weight is 450 g/mol. The van der Waals surface area contributed by atoms with Crippen LogP contribution in [0.4, 0.5) is 0 Å². The standard InChI is InChI=1S/C28H28B2O4/c1-19-27(3,4)33-29(31-19)25-17-24(22-15-11-8-12-16-22)26(30-32-20(2)28(5,6)34-30)18-23(25)21-13-9-7-10-14-21/h7-18H,1-2H2,3-6H3. The predicted octanol–water partition coefficient (Wildman–Crippen LogP) is 5.09. The molecule has 2 aliphatic heterocycles. The zero-order valence-corrected chi connectivity index (χ0v) is 20.1. The Bertz CT molecular complexity index is 1150. The zero-order chi connectivity index (χ0) is 24.1. The van der Waals surface area contributed by atoms with Crippen molar-refractivity contribution < 1.29 is 18.6 Å². The van der Waals surface area contributed by atoms with Gasteiger partial charge in [-0.3, -0.25) is 0 Å².